The molecule has 2 aromatic carbocycles. The molecule has 0 saturated carbocycles. The van der Waals surface area contributed by atoms with Crippen molar-refractivity contribution in [3.63, 3.8) is 0 Å². The molecule has 25 heavy (non-hydrogen) atoms. The molecule has 0 saturated heterocycles. The molecule has 2 rings (SSSR count). The zero-order valence-electron chi connectivity index (χ0n) is 13.3. The summed E-state index contributed by atoms with van der Waals surface area (Å²) in [6.07, 6.45) is 0.874. The molecule has 0 bridgehead atoms. The second kappa shape index (κ2) is 7.14. The van der Waals surface area contributed by atoms with Gasteiger partial charge in [0.05, 0.1) is 11.9 Å². The molecular formula is C16H15F3N2O3S. The summed E-state index contributed by atoms with van der Waals surface area (Å²) >= 11 is 0. The van der Waals surface area contributed by atoms with Crippen molar-refractivity contribution in [1.82, 2.24) is 0 Å². The molecule has 0 aliphatic rings. The van der Waals surface area contributed by atoms with E-state index in [2.05, 4.69) is 5.32 Å². The molecule has 0 heterocycles. The van der Waals surface area contributed by atoms with Crippen LogP contribution in [0.5, 0.6) is 0 Å². The molecule has 1 atom stereocenters. The van der Waals surface area contributed by atoms with Crippen molar-refractivity contribution in [3.8, 4) is 0 Å². The summed E-state index contributed by atoms with van der Waals surface area (Å²) in [7, 11) is -3.91. The van der Waals surface area contributed by atoms with E-state index in [0.29, 0.717) is 0 Å². The standard InChI is InChI=1S/C16H15F3N2O3S/c1-10(16(22)20-12-6-7-14(18)15(19)9-12)21(25(2,23)24)13-5-3-4-11(17)8-13/h3-10H,1-2H3,(H,20,22). The van der Waals surface area contributed by atoms with E-state index in [1.54, 1.807) is 0 Å². The third-order valence-corrected chi connectivity index (χ3v) is 4.58. The van der Waals surface area contributed by atoms with Crippen LogP contribution in [0.2, 0.25) is 0 Å². The van der Waals surface area contributed by atoms with E-state index >= 15 is 0 Å². The van der Waals surface area contributed by atoms with Gasteiger partial charge in [0.2, 0.25) is 15.9 Å². The number of hydrogen-bond donors (Lipinski definition) is 1. The van der Waals surface area contributed by atoms with Crippen LogP contribution in [0.25, 0.3) is 0 Å². The number of anilines is 2. The van der Waals surface area contributed by atoms with E-state index in [1.807, 2.05) is 0 Å². The minimum Gasteiger partial charge on any atom is -0.324 e. The maximum absolute atomic E-state index is 13.4. The molecule has 9 heteroatoms. The van der Waals surface area contributed by atoms with Crippen molar-refractivity contribution in [2.45, 2.75) is 13.0 Å². The van der Waals surface area contributed by atoms with Gasteiger partial charge in [-0.15, -0.1) is 0 Å². The number of benzene rings is 2. The highest BCUT2D eigenvalue weighted by atomic mass is 32.2. The third kappa shape index (κ3) is 4.50. The van der Waals surface area contributed by atoms with Crippen molar-refractivity contribution in [3.05, 3.63) is 59.9 Å². The van der Waals surface area contributed by atoms with Crippen LogP contribution >= 0.6 is 0 Å². The lowest BCUT2D eigenvalue weighted by molar-refractivity contribution is -0.116. The summed E-state index contributed by atoms with van der Waals surface area (Å²) in [6, 6.07) is 6.23. The first-order valence-corrected chi connectivity index (χ1v) is 8.95. The Kier molecular flexibility index (Phi) is 5.36. The fourth-order valence-electron chi connectivity index (χ4n) is 2.24. The minimum absolute atomic E-state index is 0.0320. The lowest BCUT2D eigenvalue weighted by Crippen LogP contribution is -2.45. The molecule has 0 spiro atoms. The van der Waals surface area contributed by atoms with E-state index in [9.17, 15) is 26.4 Å². The maximum atomic E-state index is 13.4. The zero-order chi connectivity index (χ0) is 18.8. The fraction of sp³-hybridized carbons (Fsp3) is 0.188. The average molecular weight is 372 g/mol. The largest absolute Gasteiger partial charge is 0.324 e. The lowest BCUT2D eigenvalue weighted by Gasteiger charge is -2.28. The number of carbonyl (C=O) groups excluding carboxylic acids is 1. The molecule has 1 N–H and O–H groups in total. The van der Waals surface area contributed by atoms with Gasteiger partial charge in [0.15, 0.2) is 11.6 Å². The SMILES string of the molecule is CC(C(=O)Nc1ccc(F)c(F)c1)N(c1cccc(F)c1)S(C)(=O)=O. The Morgan fingerprint density at radius 3 is 2.32 bits per heavy atom. The highest BCUT2D eigenvalue weighted by Gasteiger charge is 2.29. The average Bonchev–Trinajstić information content (AvgIpc) is 2.49. The summed E-state index contributed by atoms with van der Waals surface area (Å²) in [6.45, 7) is 1.29. The second-order valence-electron chi connectivity index (χ2n) is 5.33. The van der Waals surface area contributed by atoms with E-state index < -0.39 is 39.4 Å². The summed E-state index contributed by atoms with van der Waals surface area (Å²) in [5, 5.41) is 2.30. The van der Waals surface area contributed by atoms with Crippen LogP contribution in [-0.2, 0) is 14.8 Å². The van der Waals surface area contributed by atoms with Crippen LogP contribution in [-0.4, -0.2) is 26.6 Å². The summed E-state index contributed by atoms with van der Waals surface area (Å²) in [4.78, 5) is 12.3. The van der Waals surface area contributed by atoms with E-state index in [0.717, 1.165) is 40.9 Å². The number of nitrogens with one attached hydrogen (secondary N) is 1. The molecule has 134 valence electrons. The Morgan fingerprint density at radius 2 is 1.76 bits per heavy atom. The quantitative estimate of drug-likeness (QED) is 0.878. The third-order valence-electron chi connectivity index (χ3n) is 3.34. The van der Waals surface area contributed by atoms with Gasteiger partial charge in [-0.2, -0.15) is 0 Å². The molecule has 0 fully saturated rings. The van der Waals surface area contributed by atoms with Crippen LogP contribution in [0.15, 0.2) is 42.5 Å². The highest BCUT2D eigenvalue weighted by molar-refractivity contribution is 7.92. The van der Waals surface area contributed by atoms with Gasteiger partial charge in [0.25, 0.3) is 0 Å². The molecule has 0 radical (unpaired) electrons. The number of hydrogen-bond acceptors (Lipinski definition) is 3. The number of carbonyl (C=O) groups is 1. The smallest absolute Gasteiger partial charge is 0.247 e. The van der Waals surface area contributed by atoms with E-state index in [4.69, 9.17) is 0 Å². The highest BCUT2D eigenvalue weighted by Crippen LogP contribution is 2.22. The topological polar surface area (TPSA) is 66.5 Å². The van der Waals surface area contributed by atoms with Gasteiger partial charge < -0.3 is 5.32 Å². The van der Waals surface area contributed by atoms with Crippen molar-refractivity contribution in [2.24, 2.45) is 0 Å². The molecule has 1 unspecified atom stereocenters. The Balaban J connectivity index is 2.31. The fourth-order valence-corrected chi connectivity index (χ4v) is 3.41. The predicted molar refractivity (Wildman–Crippen MR) is 88.2 cm³/mol. The zero-order valence-corrected chi connectivity index (χ0v) is 14.1. The molecule has 1 amide bonds. The van der Waals surface area contributed by atoms with Crippen molar-refractivity contribution < 1.29 is 26.4 Å². The normalized spacial score (nSPS) is 12.5. The first-order valence-electron chi connectivity index (χ1n) is 7.10. The molecule has 0 aromatic heterocycles. The summed E-state index contributed by atoms with van der Waals surface area (Å²) < 4.78 is 64.4. The number of halogens is 3. The Morgan fingerprint density at radius 1 is 1.08 bits per heavy atom. The van der Waals surface area contributed by atoms with Gasteiger partial charge >= 0.3 is 0 Å². The lowest BCUT2D eigenvalue weighted by atomic mass is 10.2. The monoisotopic (exact) mass is 372 g/mol. The number of amides is 1. The van der Waals surface area contributed by atoms with Crippen LogP contribution in [0.3, 0.4) is 0 Å². The number of rotatable bonds is 5. The minimum atomic E-state index is -3.91. The van der Waals surface area contributed by atoms with Gasteiger partial charge in [-0.1, -0.05) is 6.07 Å². The van der Waals surface area contributed by atoms with Crippen molar-refractivity contribution in [2.75, 3.05) is 15.9 Å². The van der Waals surface area contributed by atoms with E-state index in [-0.39, 0.29) is 11.4 Å². The van der Waals surface area contributed by atoms with Gasteiger partial charge in [-0.25, -0.2) is 21.6 Å². The Hall–Kier alpha value is -2.55. The van der Waals surface area contributed by atoms with Crippen molar-refractivity contribution >= 4 is 27.3 Å². The van der Waals surface area contributed by atoms with Crippen LogP contribution in [0, 0.1) is 17.5 Å². The summed E-state index contributed by atoms with van der Waals surface area (Å²) in [5.74, 6) is -3.70. The molecule has 5 nitrogen and oxygen atoms in total. The van der Waals surface area contributed by atoms with Crippen LogP contribution in [0.4, 0.5) is 24.5 Å². The molecular weight excluding hydrogens is 357 g/mol. The first kappa shape index (κ1) is 18.8. The maximum Gasteiger partial charge on any atom is 0.247 e. The van der Waals surface area contributed by atoms with Gasteiger partial charge in [-0.05, 0) is 37.3 Å². The first-order chi connectivity index (χ1) is 11.6. The predicted octanol–water partition coefficient (Wildman–Crippen LogP) is 2.90. The van der Waals surface area contributed by atoms with Gasteiger partial charge in [-0.3, -0.25) is 9.10 Å². The number of nitrogens with zero attached hydrogens (tertiary/aromatic N) is 1. The van der Waals surface area contributed by atoms with Gasteiger partial charge in [0.1, 0.15) is 11.9 Å². The summed E-state index contributed by atoms with van der Waals surface area (Å²) in [5.41, 5.74) is -0.0705. The van der Waals surface area contributed by atoms with Crippen molar-refractivity contribution in [1.29, 1.82) is 0 Å². The molecule has 2 aromatic rings. The van der Waals surface area contributed by atoms with E-state index in [1.165, 1.54) is 19.1 Å². The van der Waals surface area contributed by atoms with Crippen LogP contribution in [0.1, 0.15) is 6.92 Å². The second-order valence-corrected chi connectivity index (χ2v) is 7.19. The molecule has 0 aliphatic carbocycles. The van der Waals surface area contributed by atoms with Crippen LogP contribution < -0.4 is 9.62 Å². The Bertz CT molecular complexity index is 903. The Labute approximate surface area is 143 Å². The van der Waals surface area contributed by atoms with Gasteiger partial charge in [0, 0.05) is 11.8 Å². The molecule has 0 aliphatic heterocycles. The number of sulfonamides is 1.